The summed E-state index contributed by atoms with van der Waals surface area (Å²) in [4.78, 5) is 10.6. The molecule has 0 spiro atoms. The average molecular weight is 323 g/mol. The van der Waals surface area contributed by atoms with E-state index >= 15 is 0 Å². The number of aliphatic hydroxyl groups is 1. The van der Waals surface area contributed by atoms with Gasteiger partial charge in [-0.1, -0.05) is 96.8 Å². The minimum atomic E-state index is -0.942. The van der Waals surface area contributed by atoms with Gasteiger partial charge in [-0.3, -0.25) is 4.79 Å². The van der Waals surface area contributed by atoms with Crippen LogP contribution in [0.3, 0.4) is 0 Å². The molecule has 0 heterocycles. The van der Waals surface area contributed by atoms with E-state index in [1.807, 2.05) is 0 Å². The van der Waals surface area contributed by atoms with Gasteiger partial charge >= 0.3 is 29.6 Å². The summed E-state index contributed by atoms with van der Waals surface area (Å²) < 4.78 is 0. The van der Waals surface area contributed by atoms with Gasteiger partial charge in [0.2, 0.25) is 5.91 Å². The van der Waals surface area contributed by atoms with Gasteiger partial charge in [0.05, 0.1) is 0 Å². The standard InChI is InChI=1S/C18H37NO2.Na.H/c1-2-3-4-5-6-7-8-9-10-11-12-13-14-15-16-17(20)18(19)21;;/h17,20H,2-16H2,1H3,(H2,19,21);;/q;+1;-1. The van der Waals surface area contributed by atoms with Crippen molar-refractivity contribution < 1.29 is 40.9 Å². The molecule has 0 aromatic heterocycles. The van der Waals surface area contributed by atoms with Crippen molar-refractivity contribution in [3.63, 3.8) is 0 Å². The molecule has 1 unspecified atom stereocenters. The average Bonchev–Trinajstić information content (AvgIpc) is 2.47. The van der Waals surface area contributed by atoms with Crippen LogP contribution in [0.15, 0.2) is 0 Å². The van der Waals surface area contributed by atoms with Crippen LogP contribution >= 0.6 is 0 Å². The second-order valence-corrected chi connectivity index (χ2v) is 6.30. The smallest absolute Gasteiger partial charge is 1.00 e. The molecule has 0 rings (SSSR count). The van der Waals surface area contributed by atoms with Crippen molar-refractivity contribution >= 4 is 5.91 Å². The van der Waals surface area contributed by atoms with Crippen LogP contribution in [0.2, 0.25) is 0 Å². The van der Waals surface area contributed by atoms with Crippen LogP contribution in [0, 0.1) is 0 Å². The van der Waals surface area contributed by atoms with Crippen molar-refractivity contribution in [2.75, 3.05) is 0 Å². The summed E-state index contributed by atoms with van der Waals surface area (Å²) in [6.45, 7) is 2.26. The molecule has 3 nitrogen and oxygen atoms in total. The van der Waals surface area contributed by atoms with E-state index in [9.17, 15) is 9.90 Å². The number of hydrogen-bond acceptors (Lipinski definition) is 2. The van der Waals surface area contributed by atoms with E-state index in [1.54, 1.807) is 0 Å². The van der Waals surface area contributed by atoms with E-state index < -0.39 is 12.0 Å². The summed E-state index contributed by atoms with van der Waals surface area (Å²) in [5, 5.41) is 9.24. The zero-order valence-electron chi connectivity index (χ0n) is 16.1. The van der Waals surface area contributed by atoms with Crippen LogP contribution in [-0.4, -0.2) is 17.1 Å². The summed E-state index contributed by atoms with van der Waals surface area (Å²) in [6, 6.07) is 0. The molecule has 0 bridgehead atoms. The first-order valence-corrected chi connectivity index (χ1v) is 9.16. The maximum atomic E-state index is 10.6. The summed E-state index contributed by atoms with van der Waals surface area (Å²) in [5.41, 5.74) is 5.00. The maximum Gasteiger partial charge on any atom is 1.00 e. The molecule has 0 aliphatic carbocycles. The Labute approximate surface area is 161 Å². The molecule has 0 aromatic carbocycles. The second-order valence-electron chi connectivity index (χ2n) is 6.30. The molecule has 3 N–H and O–H groups in total. The fourth-order valence-electron chi connectivity index (χ4n) is 2.67. The largest absolute Gasteiger partial charge is 1.00 e. The Morgan fingerprint density at radius 2 is 1.14 bits per heavy atom. The van der Waals surface area contributed by atoms with Crippen LogP contribution in [0.25, 0.3) is 0 Å². The molecular weight excluding hydrogens is 285 g/mol. The third-order valence-electron chi connectivity index (χ3n) is 4.16. The first-order chi connectivity index (χ1) is 10.2. The van der Waals surface area contributed by atoms with Gasteiger partial charge in [-0.25, -0.2) is 0 Å². The fraction of sp³-hybridized carbons (Fsp3) is 0.944. The van der Waals surface area contributed by atoms with Gasteiger partial charge < -0.3 is 12.3 Å². The third-order valence-corrected chi connectivity index (χ3v) is 4.16. The minimum absolute atomic E-state index is 0. The summed E-state index contributed by atoms with van der Waals surface area (Å²) >= 11 is 0. The first-order valence-electron chi connectivity index (χ1n) is 9.16. The van der Waals surface area contributed by atoms with E-state index in [0.717, 1.165) is 12.8 Å². The number of carbonyl (C=O) groups excluding carboxylic acids is 1. The molecular formula is C18H38NNaO2. The van der Waals surface area contributed by atoms with E-state index in [4.69, 9.17) is 5.73 Å². The number of nitrogens with two attached hydrogens (primary N) is 1. The van der Waals surface area contributed by atoms with Crippen LogP contribution in [0.4, 0.5) is 0 Å². The Balaban J connectivity index is -0.00000200. The molecule has 1 amide bonds. The monoisotopic (exact) mass is 323 g/mol. The van der Waals surface area contributed by atoms with Crippen molar-refractivity contribution in [3.8, 4) is 0 Å². The Bertz CT molecular complexity index is 243. The van der Waals surface area contributed by atoms with Crippen LogP contribution in [-0.2, 0) is 4.79 Å². The normalized spacial score (nSPS) is 11.9. The minimum Gasteiger partial charge on any atom is -1.00 e. The first kappa shape index (κ1) is 24.7. The van der Waals surface area contributed by atoms with Crippen molar-refractivity contribution in [2.24, 2.45) is 5.73 Å². The molecule has 0 saturated carbocycles. The quantitative estimate of drug-likeness (QED) is 0.336. The van der Waals surface area contributed by atoms with Crippen molar-refractivity contribution in [3.05, 3.63) is 0 Å². The number of amides is 1. The van der Waals surface area contributed by atoms with Crippen LogP contribution in [0.5, 0.6) is 0 Å². The molecule has 4 heteroatoms. The van der Waals surface area contributed by atoms with Gasteiger partial charge in [0, 0.05) is 0 Å². The Hall–Kier alpha value is 0.430. The number of carbonyl (C=O) groups is 1. The van der Waals surface area contributed by atoms with E-state index in [1.165, 1.54) is 77.0 Å². The molecule has 22 heavy (non-hydrogen) atoms. The van der Waals surface area contributed by atoms with Gasteiger partial charge in [0.1, 0.15) is 6.10 Å². The van der Waals surface area contributed by atoms with Crippen molar-refractivity contribution in [1.82, 2.24) is 0 Å². The number of aliphatic hydroxyl groups excluding tert-OH is 1. The molecule has 0 fully saturated rings. The fourth-order valence-corrected chi connectivity index (χ4v) is 2.67. The van der Waals surface area contributed by atoms with E-state index in [0.29, 0.717) is 6.42 Å². The predicted octanol–water partition coefficient (Wildman–Crippen LogP) is 1.82. The number of hydrogen-bond donors (Lipinski definition) is 2. The zero-order valence-corrected chi connectivity index (χ0v) is 17.1. The van der Waals surface area contributed by atoms with E-state index in [-0.39, 0.29) is 31.0 Å². The van der Waals surface area contributed by atoms with Gasteiger partial charge in [-0.05, 0) is 6.42 Å². The second kappa shape index (κ2) is 19.5. The Kier molecular flexibility index (Phi) is 21.8. The SMILES string of the molecule is CCCCCCCCCCCCCCCCC(O)C(N)=O.[H-].[Na+]. The van der Waals surface area contributed by atoms with Crippen LogP contribution < -0.4 is 35.3 Å². The van der Waals surface area contributed by atoms with Crippen molar-refractivity contribution in [1.29, 1.82) is 0 Å². The topological polar surface area (TPSA) is 63.3 Å². The molecule has 1 atom stereocenters. The summed E-state index contributed by atoms with van der Waals surface area (Å²) in [5.74, 6) is -0.593. The maximum absolute atomic E-state index is 10.6. The van der Waals surface area contributed by atoms with Crippen molar-refractivity contribution in [2.45, 2.75) is 109 Å². The van der Waals surface area contributed by atoms with Gasteiger partial charge in [0.15, 0.2) is 0 Å². The summed E-state index contributed by atoms with van der Waals surface area (Å²) in [7, 11) is 0. The predicted molar refractivity (Wildman–Crippen MR) is 91.2 cm³/mol. The molecule has 128 valence electrons. The van der Waals surface area contributed by atoms with Gasteiger partial charge in [-0.15, -0.1) is 0 Å². The molecule has 0 radical (unpaired) electrons. The number of unbranched alkanes of at least 4 members (excludes halogenated alkanes) is 13. The Morgan fingerprint density at radius 3 is 1.45 bits per heavy atom. The molecule has 0 aliphatic heterocycles. The third kappa shape index (κ3) is 18.5. The molecule has 0 aliphatic rings. The number of primary amides is 1. The molecule has 0 aromatic rings. The van der Waals surface area contributed by atoms with Gasteiger partial charge in [-0.2, -0.15) is 0 Å². The summed E-state index contributed by atoms with van der Waals surface area (Å²) in [6.07, 6.45) is 17.9. The van der Waals surface area contributed by atoms with Crippen LogP contribution in [0.1, 0.15) is 105 Å². The number of rotatable bonds is 16. The Morgan fingerprint density at radius 1 is 0.818 bits per heavy atom. The zero-order chi connectivity index (χ0) is 15.8. The van der Waals surface area contributed by atoms with E-state index in [2.05, 4.69) is 6.92 Å². The molecule has 0 saturated heterocycles. The van der Waals surface area contributed by atoms with Gasteiger partial charge in [0.25, 0.3) is 0 Å².